The molecule has 0 radical (unpaired) electrons. The van der Waals surface area contributed by atoms with Crippen molar-refractivity contribution in [2.24, 2.45) is 0 Å². The smallest absolute Gasteiger partial charge is 0.0434 e. The van der Waals surface area contributed by atoms with Gasteiger partial charge in [-0.15, -0.1) is 11.3 Å². The Hall–Kier alpha value is -4.98. The van der Waals surface area contributed by atoms with E-state index >= 15 is 0 Å². The monoisotopic (exact) mass is 536 g/mol. The molecule has 8 aromatic carbocycles. The van der Waals surface area contributed by atoms with Gasteiger partial charge in [0.05, 0.1) is 0 Å². The van der Waals surface area contributed by atoms with E-state index in [1.807, 2.05) is 11.3 Å². The molecule has 0 saturated heterocycles. The van der Waals surface area contributed by atoms with Gasteiger partial charge in [0.1, 0.15) is 0 Å². The lowest BCUT2D eigenvalue weighted by Gasteiger charge is -2.12. The van der Waals surface area contributed by atoms with Crippen molar-refractivity contribution in [1.29, 1.82) is 0 Å². The summed E-state index contributed by atoms with van der Waals surface area (Å²) in [5, 5.41) is 13.2. The Balaban J connectivity index is 1.25. The molecule has 0 bridgehead atoms. The molecule has 41 heavy (non-hydrogen) atoms. The van der Waals surface area contributed by atoms with Crippen LogP contribution in [0.5, 0.6) is 0 Å². The predicted octanol–water partition coefficient (Wildman–Crippen LogP) is 12.0. The summed E-state index contributed by atoms with van der Waals surface area (Å²) in [6.45, 7) is 0. The first kappa shape index (κ1) is 22.8. The van der Waals surface area contributed by atoms with Crippen molar-refractivity contribution in [3.8, 4) is 22.3 Å². The van der Waals surface area contributed by atoms with Crippen LogP contribution < -0.4 is 0 Å². The summed E-state index contributed by atoms with van der Waals surface area (Å²) in [5.74, 6) is 0. The van der Waals surface area contributed by atoms with Gasteiger partial charge in [-0.2, -0.15) is 0 Å². The summed E-state index contributed by atoms with van der Waals surface area (Å²) in [7, 11) is 0. The van der Waals surface area contributed by atoms with Crippen LogP contribution in [0.1, 0.15) is 0 Å². The summed E-state index contributed by atoms with van der Waals surface area (Å²) in [5.41, 5.74) is 5.04. The van der Waals surface area contributed by atoms with Crippen molar-refractivity contribution in [3.63, 3.8) is 0 Å². The Morgan fingerprint density at radius 1 is 0.293 bits per heavy atom. The van der Waals surface area contributed by atoms with E-state index in [-0.39, 0.29) is 0 Å². The Bertz CT molecular complexity index is 2440. The van der Waals surface area contributed by atoms with Gasteiger partial charge in [-0.1, -0.05) is 133 Å². The van der Waals surface area contributed by atoms with Gasteiger partial charge in [0.25, 0.3) is 0 Å². The van der Waals surface area contributed by atoms with Gasteiger partial charge in [0, 0.05) is 20.2 Å². The Morgan fingerprint density at radius 3 is 1.61 bits per heavy atom. The molecule has 1 heterocycles. The summed E-state index contributed by atoms with van der Waals surface area (Å²) >= 11 is 1.92. The minimum Gasteiger partial charge on any atom is -0.134 e. The van der Waals surface area contributed by atoms with E-state index < -0.39 is 0 Å². The molecule has 9 aromatic rings. The molecule has 0 amide bonds. The quantitative estimate of drug-likeness (QED) is 0.193. The van der Waals surface area contributed by atoms with Crippen molar-refractivity contribution in [1.82, 2.24) is 0 Å². The highest BCUT2D eigenvalue weighted by Crippen LogP contribution is 2.43. The van der Waals surface area contributed by atoms with Gasteiger partial charge in [-0.25, -0.2) is 0 Å². The molecule has 0 nitrogen and oxygen atoms in total. The molecule has 9 rings (SSSR count). The van der Waals surface area contributed by atoms with Crippen molar-refractivity contribution in [2.45, 2.75) is 0 Å². The van der Waals surface area contributed by atoms with Crippen LogP contribution in [-0.4, -0.2) is 0 Å². The molecular formula is C40H24S. The number of thiophene rings is 1. The third-order valence-electron chi connectivity index (χ3n) is 8.64. The minimum atomic E-state index is 1.24. The average Bonchev–Trinajstić information content (AvgIpc) is 3.44. The van der Waals surface area contributed by atoms with E-state index in [1.54, 1.807) is 0 Å². The van der Waals surface area contributed by atoms with Gasteiger partial charge in [0.2, 0.25) is 0 Å². The van der Waals surface area contributed by atoms with E-state index in [1.165, 1.54) is 85.5 Å². The van der Waals surface area contributed by atoms with Crippen LogP contribution in [-0.2, 0) is 0 Å². The van der Waals surface area contributed by atoms with E-state index in [9.17, 15) is 0 Å². The molecule has 0 aliphatic carbocycles. The Labute approximate surface area is 241 Å². The van der Waals surface area contributed by atoms with Crippen LogP contribution in [0.4, 0.5) is 0 Å². The number of benzene rings is 8. The molecule has 0 atom stereocenters. The fraction of sp³-hybridized carbons (Fsp3) is 0. The lowest BCUT2D eigenvalue weighted by molar-refractivity contribution is 1.63. The molecule has 0 saturated carbocycles. The number of fused-ring (bicyclic) bond motifs is 11. The molecule has 0 aliphatic heterocycles. The zero-order valence-corrected chi connectivity index (χ0v) is 23.1. The van der Waals surface area contributed by atoms with Crippen molar-refractivity contribution in [3.05, 3.63) is 146 Å². The second-order valence-corrected chi connectivity index (χ2v) is 11.9. The largest absolute Gasteiger partial charge is 0.134 e. The number of rotatable bonds is 2. The highest BCUT2D eigenvalue weighted by molar-refractivity contribution is 7.27. The Kier molecular flexibility index (Phi) is 4.87. The van der Waals surface area contributed by atoms with E-state index in [0.717, 1.165) is 0 Å². The van der Waals surface area contributed by atoms with Crippen molar-refractivity contribution in [2.75, 3.05) is 0 Å². The topological polar surface area (TPSA) is 0 Å². The summed E-state index contributed by atoms with van der Waals surface area (Å²) in [6.07, 6.45) is 0. The molecule has 0 N–H and O–H groups in total. The lowest BCUT2D eigenvalue weighted by atomic mass is 9.91. The molecule has 0 spiro atoms. The molecule has 1 heteroatoms. The highest BCUT2D eigenvalue weighted by atomic mass is 32.1. The molecule has 1 aromatic heterocycles. The van der Waals surface area contributed by atoms with Gasteiger partial charge in [-0.3, -0.25) is 0 Å². The predicted molar refractivity (Wildman–Crippen MR) is 180 cm³/mol. The van der Waals surface area contributed by atoms with Crippen LogP contribution in [0.15, 0.2) is 146 Å². The maximum absolute atomic E-state index is 2.38. The van der Waals surface area contributed by atoms with Crippen LogP contribution in [0, 0.1) is 0 Å². The zero-order valence-electron chi connectivity index (χ0n) is 22.3. The third-order valence-corrected chi connectivity index (χ3v) is 9.93. The normalized spacial score (nSPS) is 11.9. The first-order chi connectivity index (χ1) is 20.3. The van der Waals surface area contributed by atoms with Crippen molar-refractivity contribution < 1.29 is 0 Å². The Morgan fingerprint density at radius 2 is 0.829 bits per heavy atom. The summed E-state index contributed by atoms with van der Waals surface area (Å²) in [6, 6.07) is 53.6. The summed E-state index contributed by atoms with van der Waals surface area (Å²) in [4.78, 5) is 0. The number of hydrogen-bond acceptors (Lipinski definition) is 1. The van der Waals surface area contributed by atoms with Gasteiger partial charge < -0.3 is 0 Å². The standard InChI is InChI=1S/C40H24S/c1-2-12-29-25(9-1)19-22-37-36-18-8-17-30(40(36)41-39(29)37)28-11-7-10-26(23-28)27-20-21-35-33-15-4-3-13-31(33)32-14-5-6-16-34(32)38(35)24-27/h1-24H. The van der Waals surface area contributed by atoms with Crippen LogP contribution in [0.3, 0.4) is 0 Å². The SMILES string of the molecule is c1cc(-c2ccc3c4ccccc4c4ccccc4c3c2)cc(-c2cccc3c2sc2c4ccccc4ccc32)c1. The van der Waals surface area contributed by atoms with E-state index in [4.69, 9.17) is 0 Å². The van der Waals surface area contributed by atoms with Gasteiger partial charge in [-0.05, 0) is 77.5 Å². The molecule has 0 unspecified atom stereocenters. The first-order valence-electron chi connectivity index (χ1n) is 14.1. The number of hydrogen-bond donors (Lipinski definition) is 0. The van der Waals surface area contributed by atoms with Crippen LogP contribution >= 0.6 is 11.3 Å². The molecule has 0 fully saturated rings. The van der Waals surface area contributed by atoms with Crippen LogP contribution in [0.2, 0.25) is 0 Å². The van der Waals surface area contributed by atoms with E-state index in [0.29, 0.717) is 0 Å². The second-order valence-electron chi connectivity index (χ2n) is 10.9. The van der Waals surface area contributed by atoms with Crippen LogP contribution in [0.25, 0.3) is 85.5 Å². The lowest BCUT2D eigenvalue weighted by Crippen LogP contribution is -1.86. The average molecular weight is 537 g/mol. The third kappa shape index (κ3) is 3.40. The van der Waals surface area contributed by atoms with Crippen molar-refractivity contribution >= 4 is 74.6 Å². The fourth-order valence-corrected chi connectivity index (χ4v) is 8.08. The van der Waals surface area contributed by atoms with Gasteiger partial charge in [0.15, 0.2) is 0 Å². The molecule has 190 valence electrons. The molecular weight excluding hydrogens is 513 g/mol. The second kappa shape index (κ2) is 8.76. The minimum absolute atomic E-state index is 1.24. The highest BCUT2D eigenvalue weighted by Gasteiger charge is 2.14. The zero-order chi connectivity index (χ0) is 26.9. The summed E-state index contributed by atoms with van der Waals surface area (Å²) < 4.78 is 2.72. The van der Waals surface area contributed by atoms with E-state index in [2.05, 4.69) is 146 Å². The molecule has 0 aliphatic rings. The fourth-order valence-electron chi connectivity index (χ4n) is 6.71. The maximum atomic E-state index is 2.38. The first-order valence-corrected chi connectivity index (χ1v) is 14.9. The maximum Gasteiger partial charge on any atom is 0.0434 e. The van der Waals surface area contributed by atoms with Gasteiger partial charge >= 0.3 is 0 Å².